The largest absolute Gasteiger partial charge is 0.324 e. The molecule has 0 aliphatic carbocycles. The van der Waals surface area contributed by atoms with Crippen molar-refractivity contribution in [3.8, 4) is 0 Å². The van der Waals surface area contributed by atoms with Gasteiger partial charge in [0.15, 0.2) is 0 Å². The molecule has 1 atom stereocenters. The molecule has 1 rings (SSSR count). The molecule has 21 heavy (non-hydrogen) atoms. The molecular formula is C16H27BrClN3. The van der Waals surface area contributed by atoms with Gasteiger partial charge in [-0.2, -0.15) is 0 Å². The number of rotatable bonds is 9. The van der Waals surface area contributed by atoms with E-state index in [1.807, 2.05) is 18.2 Å². The fourth-order valence-electron chi connectivity index (χ4n) is 2.27. The molecule has 0 aliphatic rings. The number of hydrogen-bond donors (Lipinski definition) is 1. The number of nitrogens with two attached hydrogens (primary N) is 1. The van der Waals surface area contributed by atoms with E-state index in [-0.39, 0.29) is 6.04 Å². The van der Waals surface area contributed by atoms with Gasteiger partial charge in [-0.25, -0.2) is 0 Å². The number of hydrogen-bond acceptors (Lipinski definition) is 3. The number of nitrogens with zero attached hydrogens (tertiary/aromatic N) is 2. The molecule has 1 aromatic rings. The van der Waals surface area contributed by atoms with Gasteiger partial charge in [0, 0.05) is 28.6 Å². The molecule has 5 heteroatoms. The first-order valence-electron chi connectivity index (χ1n) is 7.51. The van der Waals surface area contributed by atoms with Gasteiger partial charge in [0.1, 0.15) is 0 Å². The molecule has 0 bridgehead atoms. The smallest absolute Gasteiger partial charge is 0.0464 e. The summed E-state index contributed by atoms with van der Waals surface area (Å²) in [6, 6.07) is 5.91. The van der Waals surface area contributed by atoms with E-state index in [9.17, 15) is 0 Å². The molecule has 0 spiro atoms. The van der Waals surface area contributed by atoms with E-state index in [0.29, 0.717) is 0 Å². The lowest BCUT2D eigenvalue weighted by atomic mass is 10.0. The summed E-state index contributed by atoms with van der Waals surface area (Å²) < 4.78 is 0.988. The molecule has 2 N–H and O–H groups in total. The summed E-state index contributed by atoms with van der Waals surface area (Å²) >= 11 is 9.70. The van der Waals surface area contributed by atoms with E-state index in [0.717, 1.165) is 47.7 Å². The van der Waals surface area contributed by atoms with E-state index in [4.69, 9.17) is 17.3 Å². The molecule has 0 radical (unpaired) electrons. The summed E-state index contributed by atoms with van der Waals surface area (Å²) in [6.45, 7) is 6.51. The SMILES string of the molecule is CCCN(CCC(N)c1ccc(Br)cc1Cl)CCN(C)C. The van der Waals surface area contributed by atoms with E-state index in [1.54, 1.807) is 0 Å². The zero-order valence-corrected chi connectivity index (χ0v) is 15.6. The van der Waals surface area contributed by atoms with Crippen molar-refractivity contribution >= 4 is 27.5 Å². The quantitative estimate of drug-likeness (QED) is 0.712. The highest BCUT2D eigenvalue weighted by Gasteiger charge is 2.13. The highest BCUT2D eigenvalue weighted by atomic mass is 79.9. The summed E-state index contributed by atoms with van der Waals surface area (Å²) in [5, 5.41) is 0.743. The van der Waals surface area contributed by atoms with Gasteiger partial charge in [0.05, 0.1) is 0 Å². The van der Waals surface area contributed by atoms with Crippen LogP contribution in [0.3, 0.4) is 0 Å². The zero-order valence-electron chi connectivity index (χ0n) is 13.3. The third-order valence-corrected chi connectivity index (χ3v) is 4.34. The van der Waals surface area contributed by atoms with E-state index in [1.165, 1.54) is 6.42 Å². The Hall–Kier alpha value is -0.130. The molecule has 120 valence electrons. The van der Waals surface area contributed by atoms with Crippen LogP contribution in [0.2, 0.25) is 5.02 Å². The monoisotopic (exact) mass is 375 g/mol. The normalized spacial score (nSPS) is 13.1. The highest BCUT2D eigenvalue weighted by molar-refractivity contribution is 9.10. The Kier molecular flexibility index (Phi) is 8.83. The fraction of sp³-hybridized carbons (Fsp3) is 0.625. The molecule has 0 aromatic heterocycles. The Labute approximate surface area is 142 Å². The minimum Gasteiger partial charge on any atom is -0.324 e. The third-order valence-electron chi connectivity index (χ3n) is 3.52. The molecule has 0 saturated carbocycles. The summed E-state index contributed by atoms with van der Waals surface area (Å²) in [6.07, 6.45) is 2.09. The average Bonchev–Trinajstić information content (AvgIpc) is 2.41. The maximum Gasteiger partial charge on any atom is 0.0464 e. The number of likely N-dealkylation sites (N-methyl/N-ethyl adjacent to an activating group) is 1. The maximum absolute atomic E-state index is 6.31. The van der Waals surface area contributed by atoms with Gasteiger partial charge in [-0.1, -0.05) is 40.5 Å². The molecule has 0 amide bonds. The lowest BCUT2D eigenvalue weighted by Gasteiger charge is -2.25. The van der Waals surface area contributed by atoms with Gasteiger partial charge >= 0.3 is 0 Å². The van der Waals surface area contributed by atoms with Crippen molar-refractivity contribution in [2.24, 2.45) is 5.73 Å². The van der Waals surface area contributed by atoms with Crippen molar-refractivity contribution in [1.82, 2.24) is 9.80 Å². The minimum atomic E-state index is -0.00990. The van der Waals surface area contributed by atoms with Crippen LogP contribution >= 0.6 is 27.5 Å². The second-order valence-electron chi connectivity index (χ2n) is 5.71. The first kappa shape index (κ1) is 18.9. The zero-order chi connectivity index (χ0) is 15.8. The van der Waals surface area contributed by atoms with Crippen molar-refractivity contribution in [3.05, 3.63) is 33.3 Å². The summed E-state index contributed by atoms with van der Waals surface area (Å²) in [4.78, 5) is 4.70. The van der Waals surface area contributed by atoms with Gasteiger partial charge in [-0.3, -0.25) is 0 Å². The Morgan fingerprint density at radius 3 is 2.48 bits per heavy atom. The average molecular weight is 377 g/mol. The maximum atomic E-state index is 6.31. The standard InChI is InChI=1S/C16H27BrClN3/c1-4-8-21(11-10-20(2)3)9-7-16(19)14-6-5-13(17)12-15(14)18/h5-6,12,16H,4,7-11,19H2,1-3H3. The van der Waals surface area contributed by atoms with Crippen molar-refractivity contribution in [1.29, 1.82) is 0 Å². The molecule has 0 saturated heterocycles. The summed E-state index contributed by atoms with van der Waals surface area (Å²) in [5.41, 5.74) is 7.34. The predicted octanol–water partition coefficient (Wildman–Crippen LogP) is 3.77. The van der Waals surface area contributed by atoms with Crippen LogP contribution in [0.15, 0.2) is 22.7 Å². The van der Waals surface area contributed by atoms with Crippen LogP contribution in [-0.4, -0.2) is 50.1 Å². The van der Waals surface area contributed by atoms with Crippen molar-refractivity contribution in [2.75, 3.05) is 40.3 Å². The van der Waals surface area contributed by atoms with Crippen LogP contribution in [0.1, 0.15) is 31.4 Å². The molecule has 3 nitrogen and oxygen atoms in total. The van der Waals surface area contributed by atoms with Gasteiger partial charge in [-0.05, 0) is 57.7 Å². The van der Waals surface area contributed by atoms with E-state index in [2.05, 4.69) is 46.7 Å². The van der Waals surface area contributed by atoms with Crippen LogP contribution in [0.4, 0.5) is 0 Å². The lowest BCUT2D eigenvalue weighted by Crippen LogP contribution is -2.34. The fourth-order valence-corrected chi connectivity index (χ4v) is 3.09. The van der Waals surface area contributed by atoms with Crippen molar-refractivity contribution < 1.29 is 0 Å². The van der Waals surface area contributed by atoms with Gasteiger partial charge in [0.25, 0.3) is 0 Å². The molecule has 0 aliphatic heterocycles. The first-order valence-corrected chi connectivity index (χ1v) is 8.68. The highest BCUT2D eigenvalue weighted by Crippen LogP contribution is 2.27. The van der Waals surface area contributed by atoms with Crippen LogP contribution in [-0.2, 0) is 0 Å². The second kappa shape index (κ2) is 9.80. The van der Waals surface area contributed by atoms with Crippen LogP contribution < -0.4 is 5.73 Å². The van der Waals surface area contributed by atoms with Gasteiger partial charge < -0.3 is 15.5 Å². The van der Waals surface area contributed by atoms with Crippen LogP contribution in [0.25, 0.3) is 0 Å². The topological polar surface area (TPSA) is 32.5 Å². The molecule has 0 heterocycles. The Morgan fingerprint density at radius 1 is 1.19 bits per heavy atom. The molecule has 1 aromatic carbocycles. The molecule has 1 unspecified atom stereocenters. The van der Waals surface area contributed by atoms with Crippen LogP contribution in [0, 0.1) is 0 Å². The second-order valence-corrected chi connectivity index (χ2v) is 7.03. The predicted molar refractivity (Wildman–Crippen MR) is 96.0 cm³/mol. The minimum absolute atomic E-state index is 0.00990. The van der Waals surface area contributed by atoms with E-state index >= 15 is 0 Å². The first-order chi connectivity index (χ1) is 9.93. The summed E-state index contributed by atoms with van der Waals surface area (Å²) in [7, 11) is 4.22. The number of halogens is 2. The van der Waals surface area contributed by atoms with Gasteiger partial charge in [0.2, 0.25) is 0 Å². The summed E-state index contributed by atoms with van der Waals surface area (Å²) in [5.74, 6) is 0. The Balaban J connectivity index is 2.53. The third kappa shape index (κ3) is 7.11. The van der Waals surface area contributed by atoms with Gasteiger partial charge in [-0.15, -0.1) is 0 Å². The molecule has 0 fully saturated rings. The number of benzene rings is 1. The van der Waals surface area contributed by atoms with Crippen LogP contribution in [0.5, 0.6) is 0 Å². The van der Waals surface area contributed by atoms with E-state index < -0.39 is 0 Å². The Morgan fingerprint density at radius 2 is 1.90 bits per heavy atom. The van der Waals surface area contributed by atoms with Crippen molar-refractivity contribution in [3.63, 3.8) is 0 Å². The van der Waals surface area contributed by atoms with Crippen molar-refractivity contribution in [2.45, 2.75) is 25.8 Å². The Bertz CT molecular complexity index is 426. The lowest BCUT2D eigenvalue weighted by molar-refractivity contribution is 0.234. The molecular weight excluding hydrogens is 350 g/mol.